The summed E-state index contributed by atoms with van der Waals surface area (Å²) in [6.07, 6.45) is 9.96. The van der Waals surface area contributed by atoms with Crippen molar-refractivity contribution in [3.05, 3.63) is 11.6 Å². The van der Waals surface area contributed by atoms with Crippen molar-refractivity contribution in [2.45, 2.75) is 91.6 Å². The minimum absolute atomic E-state index is 0.0776. The second kappa shape index (κ2) is 8.41. The van der Waals surface area contributed by atoms with Gasteiger partial charge < -0.3 is 10.2 Å². The van der Waals surface area contributed by atoms with Gasteiger partial charge in [0.05, 0.1) is 6.10 Å². The van der Waals surface area contributed by atoms with Gasteiger partial charge in [0, 0.05) is 31.3 Å². The molecule has 0 unspecified atom stereocenters. The Hall–Kier alpha value is -1.00. The van der Waals surface area contributed by atoms with E-state index in [1.807, 2.05) is 13.8 Å². The number of carbonyl (C=O) groups excluding carboxylic acids is 2. The van der Waals surface area contributed by atoms with Crippen LogP contribution < -0.4 is 0 Å². The first-order valence-corrected chi connectivity index (χ1v) is 12.7. The van der Waals surface area contributed by atoms with Gasteiger partial charge in [-0.2, -0.15) is 0 Å². The van der Waals surface area contributed by atoms with Crippen LogP contribution in [0.25, 0.3) is 0 Å². The molecule has 4 aliphatic carbocycles. The number of Topliss-reactive ketones (excluding diaryl/α,β-unsaturated/α-hetero) is 2. The van der Waals surface area contributed by atoms with Crippen molar-refractivity contribution in [3.8, 4) is 0 Å². The van der Waals surface area contributed by atoms with Gasteiger partial charge >= 0.3 is 0 Å². The van der Waals surface area contributed by atoms with Crippen molar-refractivity contribution in [3.63, 3.8) is 0 Å². The standard InChI is InChI=1S/C27H42O4/c1-16(15-28)5-8-23(30)17(2)25-24(31)14-22-20-7-6-18-13-19(29)9-11-26(18,3)21(20)10-12-27(22,25)4/h6,16-17,19-22,25,28-29H,5,7-15H2,1-4H3/t16-,17-,19+,20-,21+,22-,25+,26+,27+/m1/s1. The van der Waals surface area contributed by atoms with Gasteiger partial charge in [-0.25, -0.2) is 0 Å². The Morgan fingerprint density at radius 3 is 2.61 bits per heavy atom. The van der Waals surface area contributed by atoms with Crippen LogP contribution in [0.3, 0.4) is 0 Å². The lowest BCUT2D eigenvalue weighted by atomic mass is 9.47. The molecule has 0 spiro atoms. The molecule has 0 saturated heterocycles. The maximum absolute atomic E-state index is 13.3. The van der Waals surface area contributed by atoms with Gasteiger partial charge in [-0.15, -0.1) is 0 Å². The summed E-state index contributed by atoms with van der Waals surface area (Å²) >= 11 is 0. The Balaban J connectivity index is 1.54. The predicted octanol–water partition coefficient (Wildman–Crippen LogP) is 4.72. The van der Waals surface area contributed by atoms with Crippen LogP contribution in [0.1, 0.15) is 85.5 Å². The monoisotopic (exact) mass is 430 g/mol. The predicted molar refractivity (Wildman–Crippen MR) is 121 cm³/mol. The molecule has 4 aliphatic rings. The van der Waals surface area contributed by atoms with Crippen molar-refractivity contribution >= 4 is 11.6 Å². The van der Waals surface area contributed by atoms with Crippen LogP contribution in [-0.4, -0.2) is 34.5 Å². The molecule has 4 rings (SSSR count). The fourth-order valence-corrected chi connectivity index (χ4v) is 8.22. The van der Waals surface area contributed by atoms with Crippen LogP contribution in [0.5, 0.6) is 0 Å². The first kappa shape index (κ1) is 23.2. The molecule has 9 atom stereocenters. The number of hydrogen-bond donors (Lipinski definition) is 2. The van der Waals surface area contributed by atoms with Crippen LogP contribution in [-0.2, 0) is 9.59 Å². The van der Waals surface area contributed by atoms with Crippen molar-refractivity contribution < 1.29 is 19.8 Å². The highest BCUT2D eigenvalue weighted by molar-refractivity contribution is 5.92. The van der Waals surface area contributed by atoms with Gasteiger partial charge in [-0.05, 0) is 79.4 Å². The minimum atomic E-state index is -0.222. The number of rotatable bonds is 6. The van der Waals surface area contributed by atoms with Gasteiger partial charge in [-0.3, -0.25) is 9.59 Å². The lowest BCUT2D eigenvalue weighted by Crippen LogP contribution is -2.51. The van der Waals surface area contributed by atoms with Crippen molar-refractivity contribution in [1.82, 2.24) is 0 Å². The zero-order valence-corrected chi connectivity index (χ0v) is 19.9. The maximum atomic E-state index is 13.3. The number of allylic oxidation sites excluding steroid dienone is 1. The number of ketones is 2. The molecule has 0 amide bonds. The molecule has 0 radical (unpaired) electrons. The highest BCUT2D eigenvalue weighted by Gasteiger charge is 2.62. The fourth-order valence-electron chi connectivity index (χ4n) is 8.22. The Kier molecular flexibility index (Phi) is 6.28. The number of aliphatic hydroxyl groups is 2. The Bertz CT molecular complexity index is 756. The third-order valence-electron chi connectivity index (χ3n) is 10.2. The lowest BCUT2D eigenvalue weighted by molar-refractivity contribution is -0.134. The molecule has 0 bridgehead atoms. The summed E-state index contributed by atoms with van der Waals surface area (Å²) in [6, 6.07) is 0. The number of hydrogen-bond acceptors (Lipinski definition) is 4. The highest BCUT2D eigenvalue weighted by Crippen LogP contribution is 2.66. The van der Waals surface area contributed by atoms with Crippen LogP contribution >= 0.6 is 0 Å². The van der Waals surface area contributed by atoms with Crippen molar-refractivity contribution in [2.75, 3.05) is 6.61 Å². The van der Waals surface area contributed by atoms with E-state index >= 15 is 0 Å². The fraction of sp³-hybridized carbons (Fsp3) is 0.852. The summed E-state index contributed by atoms with van der Waals surface area (Å²) in [5.74, 6) is 1.75. The minimum Gasteiger partial charge on any atom is -0.396 e. The van der Waals surface area contributed by atoms with Crippen molar-refractivity contribution in [2.24, 2.45) is 46.3 Å². The van der Waals surface area contributed by atoms with E-state index in [4.69, 9.17) is 0 Å². The molecule has 0 aromatic rings. The third kappa shape index (κ3) is 3.76. The molecule has 0 aliphatic heterocycles. The van der Waals surface area contributed by atoms with E-state index in [2.05, 4.69) is 19.9 Å². The second-order valence-electron chi connectivity index (χ2n) is 11.9. The van der Waals surface area contributed by atoms with E-state index in [1.54, 1.807) is 0 Å². The number of fused-ring (bicyclic) bond motifs is 5. The molecular weight excluding hydrogens is 388 g/mol. The SMILES string of the molecule is C[C@@H](CO)CCC(=O)[C@@H](C)[C@H]1C(=O)C[C@@H]2[C@@H]3CC=C4C[C@@H](O)CC[C@]4(C)[C@H]3CC[C@@]21C. The van der Waals surface area contributed by atoms with Gasteiger partial charge in [0.15, 0.2) is 0 Å². The molecule has 3 fully saturated rings. The topological polar surface area (TPSA) is 74.6 Å². The normalized spacial score (nSPS) is 44.0. The molecule has 0 aromatic heterocycles. The lowest BCUT2D eigenvalue weighted by Gasteiger charge is -2.58. The molecule has 2 N–H and O–H groups in total. The zero-order chi connectivity index (χ0) is 22.6. The first-order valence-electron chi connectivity index (χ1n) is 12.7. The summed E-state index contributed by atoms with van der Waals surface area (Å²) in [6.45, 7) is 8.77. The molecular formula is C27H42O4. The van der Waals surface area contributed by atoms with E-state index in [0.29, 0.717) is 42.8 Å². The van der Waals surface area contributed by atoms with Crippen LogP contribution in [0.2, 0.25) is 0 Å². The first-order chi connectivity index (χ1) is 14.6. The average molecular weight is 431 g/mol. The van der Waals surface area contributed by atoms with Crippen LogP contribution in [0, 0.1) is 46.3 Å². The second-order valence-corrected chi connectivity index (χ2v) is 11.9. The maximum Gasteiger partial charge on any atom is 0.137 e. The number of aliphatic hydroxyl groups excluding tert-OH is 2. The molecule has 4 nitrogen and oxygen atoms in total. The van der Waals surface area contributed by atoms with E-state index in [-0.39, 0.29) is 47.1 Å². The summed E-state index contributed by atoms with van der Waals surface area (Å²) < 4.78 is 0. The summed E-state index contributed by atoms with van der Waals surface area (Å²) in [5, 5.41) is 19.5. The Morgan fingerprint density at radius 1 is 1.16 bits per heavy atom. The number of carbonyl (C=O) groups is 2. The van der Waals surface area contributed by atoms with Gasteiger partial charge in [0.25, 0.3) is 0 Å². The molecule has 174 valence electrons. The zero-order valence-electron chi connectivity index (χ0n) is 19.9. The Morgan fingerprint density at radius 2 is 1.90 bits per heavy atom. The van der Waals surface area contributed by atoms with E-state index in [9.17, 15) is 19.8 Å². The van der Waals surface area contributed by atoms with E-state index in [1.165, 1.54) is 5.57 Å². The van der Waals surface area contributed by atoms with E-state index < -0.39 is 0 Å². The smallest absolute Gasteiger partial charge is 0.137 e. The molecule has 31 heavy (non-hydrogen) atoms. The van der Waals surface area contributed by atoms with Gasteiger partial charge in [-0.1, -0.05) is 39.3 Å². The van der Waals surface area contributed by atoms with Crippen LogP contribution in [0.15, 0.2) is 11.6 Å². The highest BCUT2D eigenvalue weighted by atomic mass is 16.3. The summed E-state index contributed by atoms with van der Waals surface area (Å²) in [7, 11) is 0. The van der Waals surface area contributed by atoms with E-state index in [0.717, 1.165) is 38.5 Å². The Labute approximate surface area is 187 Å². The van der Waals surface area contributed by atoms with Gasteiger partial charge in [0.2, 0.25) is 0 Å². The molecule has 3 saturated carbocycles. The van der Waals surface area contributed by atoms with Gasteiger partial charge in [0.1, 0.15) is 11.6 Å². The molecule has 4 heteroatoms. The quantitative estimate of drug-likeness (QED) is 0.598. The largest absolute Gasteiger partial charge is 0.396 e. The van der Waals surface area contributed by atoms with Crippen molar-refractivity contribution in [1.29, 1.82) is 0 Å². The molecule has 0 heterocycles. The molecule has 0 aromatic carbocycles. The van der Waals surface area contributed by atoms with Crippen LogP contribution in [0.4, 0.5) is 0 Å². The summed E-state index contributed by atoms with van der Waals surface area (Å²) in [4.78, 5) is 26.3. The average Bonchev–Trinajstić information content (AvgIpc) is 3.01. The third-order valence-corrected chi connectivity index (χ3v) is 10.2. The summed E-state index contributed by atoms with van der Waals surface area (Å²) in [5.41, 5.74) is 1.55.